The number of nitrogens with one attached hydrogen (secondary N) is 1. The van der Waals surface area contributed by atoms with Gasteiger partial charge >= 0.3 is 0 Å². The summed E-state index contributed by atoms with van der Waals surface area (Å²) in [5.41, 5.74) is 6.36. The number of carbonyl (C=O) groups is 1. The molecule has 0 bridgehead atoms. The number of carbonyl (C=O) groups excluding carboxylic acids is 1. The van der Waals surface area contributed by atoms with Crippen LogP contribution < -0.4 is 20.5 Å². The highest BCUT2D eigenvalue weighted by Gasteiger charge is 2.33. The number of nitrogens with two attached hydrogens (primary N) is 1. The molecule has 1 aliphatic rings. The molecule has 5 nitrogen and oxygen atoms in total. The Balaban J connectivity index is 2.01. The topological polar surface area (TPSA) is 73.6 Å². The van der Waals surface area contributed by atoms with Gasteiger partial charge in [-0.2, -0.15) is 0 Å². The fourth-order valence-corrected chi connectivity index (χ4v) is 3.43. The van der Waals surface area contributed by atoms with Gasteiger partial charge in [0.2, 0.25) is 5.91 Å². The van der Waals surface area contributed by atoms with Crippen LogP contribution in [-0.4, -0.2) is 25.7 Å². The zero-order chi connectivity index (χ0) is 18.3. The van der Waals surface area contributed by atoms with Crippen molar-refractivity contribution < 1.29 is 14.3 Å². The zero-order valence-corrected chi connectivity index (χ0v) is 15.8. The lowest BCUT2D eigenvalue weighted by molar-refractivity contribution is -0.131. The van der Waals surface area contributed by atoms with Gasteiger partial charge in [-0.05, 0) is 56.2 Å². The summed E-state index contributed by atoms with van der Waals surface area (Å²) < 4.78 is 11.5. The minimum absolute atomic E-state index is 0.0187. The van der Waals surface area contributed by atoms with Crippen LogP contribution in [0.3, 0.4) is 0 Å². The molecule has 3 N–H and O–H groups in total. The van der Waals surface area contributed by atoms with Crippen LogP contribution in [0.2, 0.25) is 0 Å². The first kappa shape index (κ1) is 19.6. The molecule has 1 aliphatic carbocycles. The smallest absolute Gasteiger partial charge is 0.227 e. The third kappa shape index (κ3) is 4.66. The second-order valence-corrected chi connectivity index (χ2v) is 6.88. The fourth-order valence-electron chi connectivity index (χ4n) is 3.43. The van der Waals surface area contributed by atoms with E-state index in [4.69, 9.17) is 15.2 Å². The van der Waals surface area contributed by atoms with Gasteiger partial charge in [-0.25, -0.2) is 0 Å². The lowest BCUT2D eigenvalue weighted by atomic mass is 9.81. The van der Waals surface area contributed by atoms with Gasteiger partial charge in [-0.3, -0.25) is 4.79 Å². The van der Waals surface area contributed by atoms with Crippen LogP contribution >= 0.6 is 0 Å². The minimum Gasteiger partial charge on any atom is -0.493 e. The molecule has 1 amide bonds. The van der Waals surface area contributed by atoms with Crippen LogP contribution in [-0.2, 0) is 11.3 Å². The fraction of sp³-hybridized carbons (Fsp3) is 0.650. The Labute approximate surface area is 151 Å². The summed E-state index contributed by atoms with van der Waals surface area (Å²) in [6.07, 6.45) is 6.45. The van der Waals surface area contributed by atoms with E-state index in [9.17, 15) is 4.79 Å². The van der Waals surface area contributed by atoms with Gasteiger partial charge in [0.15, 0.2) is 11.5 Å². The summed E-state index contributed by atoms with van der Waals surface area (Å²) in [5.74, 6) is 1.52. The quantitative estimate of drug-likeness (QED) is 0.717. The van der Waals surface area contributed by atoms with Crippen LogP contribution in [0.1, 0.15) is 57.9 Å². The summed E-state index contributed by atoms with van der Waals surface area (Å²) in [6.45, 7) is 4.84. The number of methoxy groups -OCH3 is 1. The van der Waals surface area contributed by atoms with Gasteiger partial charge in [0.1, 0.15) is 0 Å². The largest absolute Gasteiger partial charge is 0.493 e. The minimum atomic E-state index is -0.477. The van der Waals surface area contributed by atoms with Gasteiger partial charge in [-0.1, -0.05) is 19.9 Å². The van der Waals surface area contributed by atoms with Crippen molar-refractivity contribution in [3.63, 3.8) is 0 Å². The maximum atomic E-state index is 12.5. The Hall–Kier alpha value is -1.75. The van der Waals surface area contributed by atoms with Crippen LogP contribution in [0, 0.1) is 5.41 Å². The van der Waals surface area contributed by atoms with Crippen LogP contribution in [0.5, 0.6) is 11.5 Å². The molecule has 5 heteroatoms. The lowest BCUT2D eigenvalue weighted by Crippen LogP contribution is -2.45. The first-order chi connectivity index (χ1) is 12.1. The normalized spacial score (nSPS) is 15.2. The number of hydrogen-bond donors (Lipinski definition) is 2. The average molecular weight is 348 g/mol. The van der Waals surface area contributed by atoms with E-state index >= 15 is 0 Å². The highest BCUT2D eigenvalue weighted by atomic mass is 16.5. The standard InChI is InChI=1S/C20H32N2O3/c1-4-20(5-2,14-21)19(23)22-13-15-10-11-17(18(12-15)24-3)25-16-8-6-7-9-16/h10-12,16H,4-9,13-14,21H2,1-3H3,(H,22,23). The van der Waals surface area contributed by atoms with Gasteiger partial charge in [0, 0.05) is 13.1 Å². The maximum Gasteiger partial charge on any atom is 0.227 e. The van der Waals surface area contributed by atoms with Crippen molar-refractivity contribution in [2.45, 2.75) is 65.0 Å². The first-order valence-corrected chi connectivity index (χ1v) is 9.40. The molecule has 0 spiro atoms. The summed E-state index contributed by atoms with van der Waals surface area (Å²) in [5, 5.41) is 3.02. The molecule has 0 unspecified atom stereocenters. The Morgan fingerprint density at radius 2 is 1.92 bits per heavy atom. The molecule has 0 heterocycles. The van der Waals surface area contributed by atoms with E-state index < -0.39 is 5.41 Å². The van der Waals surface area contributed by atoms with Gasteiger partial charge in [-0.15, -0.1) is 0 Å². The van der Waals surface area contributed by atoms with Gasteiger partial charge < -0.3 is 20.5 Å². The zero-order valence-electron chi connectivity index (χ0n) is 15.8. The second kappa shape index (κ2) is 9.09. The lowest BCUT2D eigenvalue weighted by Gasteiger charge is -2.28. The van der Waals surface area contributed by atoms with E-state index in [2.05, 4.69) is 5.32 Å². The molecule has 140 valence electrons. The molecular weight excluding hydrogens is 316 g/mol. The Bertz CT molecular complexity index is 556. The predicted molar refractivity (Wildman–Crippen MR) is 99.8 cm³/mol. The van der Waals surface area contributed by atoms with Crippen LogP contribution in [0.15, 0.2) is 18.2 Å². The molecule has 25 heavy (non-hydrogen) atoms. The SMILES string of the molecule is CCC(CC)(CN)C(=O)NCc1ccc(OC2CCCC2)c(OC)c1. The van der Waals surface area contributed by atoms with Gasteiger partial charge in [0.25, 0.3) is 0 Å². The maximum absolute atomic E-state index is 12.5. The van der Waals surface area contributed by atoms with Gasteiger partial charge in [0.05, 0.1) is 18.6 Å². The average Bonchev–Trinajstić information content (AvgIpc) is 3.16. The molecular formula is C20H32N2O3. The number of benzene rings is 1. The van der Waals surface area contributed by atoms with E-state index in [0.717, 1.165) is 42.7 Å². The molecule has 2 rings (SSSR count). The van der Waals surface area contributed by atoms with E-state index in [1.807, 2.05) is 32.0 Å². The van der Waals surface area contributed by atoms with E-state index in [0.29, 0.717) is 19.2 Å². The summed E-state index contributed by atoms with van der Waals surface area (Å²) in [4.78, 5) is 12.5. The van der Waals surface area contributed by atoms with Crippen molar-refractivity contribution >= 4 is 5.91 Å². The van der Waals surface area contributed by atoms with E-state index in [1.54, 1.807) is 7.11 Å². The highest BCUT2D eigenvalue weighted by Crippen LogP contribution is 2.32. The molecule has 0 radical (unpaired) electrons. The molecule has 0 aromatic heterocycles. The molecule has 0 atom stereocenters. The van der Waals surface area contributed by atoms with Crippen molar-refractivity contribution in [3.05, 3.63) is 23.8 Å². The summed E-state index contributed by atoms with van der Waals surface area (Å²) >= 11 is 0. The molecule has 1 fully saturated rings. The van der Waals surface area contributed by atoms with Crippen LogP contribution in [0.4, 0.5) is 0 Å². The Kier molecular flexibility index (Phi) is 7.12. The molecule has 1 saturated carbocycles. The third-order valence-corrected chi connectivity index (χ3v) is 5.50. The Morgan fingerprint density at radius 3 is 2.48 bits per heavy atom. The van der Waals surface area contributed by atoms with E-state index in [-0.39, 0.29) is 5.91 Å². The Morgan fingerprint density at radius 1 is 1.24 bits per heavy atom. The second-order valence-electron chi connectivity index (χ2n) is 6.88. The molecule has 0 aliphatic heterocycles. The number of hydrogen-bond acceptors (Lipinski definition) is 4. The van der Waals surface area contributed by atoms with Crippen molar-refractivity contribution in [3.8, 4) is 11.5 Å². The van der Waals surface area contributed by atoms with E-state index in [1.165, 1.54) is 12.8 Å². The highest BCUT2D eigenvalue weighted by molar-refractivity contribution is 5.82. The first-order valence-electron chi connectivity index (χ1n) is 9.40. The number of amides is 1. The summed E-state index contributed by atoms with van der Waals surface area (Å²) in [7, 11) is 1.65. The van der Waals surface area contributed by atoms with Crippen LogP contribution in [0.25, 0.3) is 0 Å². The molecule has 1 aromatic carbocycles. The predicted octanol–water partition coefficient (Wildman–Crippen LogP) is 3.40. The summed E-state index contributed by atoms with van der Waals surface area (Å²) in [6, 6.07) is 5.86. The monoisotopic (exact) mass is 348 g/mol. The number of rotatable bonds is 9. The number of ether oxygens (including phenoxy) is 2. The third-order valence-electron chi connectivity index (χ3n) is 5.50. The van der Waals surface area contributed by atoms with Crippen molar-refractivity contribution in [1.82, 2.24) is 5.32 Å². The molecule has 1 aromatic rings. The van der Waals surface area contributed by atoms with Crippen molar-refractivity contribution in [1.29, 1.82) is 0 Å². The van der Waals surface area contributed by atoms with Crippen molar-refractivity contribution in [2.75, 3.05) is 13.7 Å². The molecule has 0 saturated heterocycles. The van der Waals surface area contributed by atoms with Crippen molar-refractivity contribution in [2.24, 2.45) is 11.1 Å².